The van der Waals surface area contributed by atoms with E-state index in [1.54, 1.807) is 19.1 Å². The smallest absolute Gasteiger partial charge is 0.244 e. The van der Waals surface area contributed by atoms with Crippen LogP contribution < -0.4 is 14.8 Å². The molecule has 1 fully saturated rings. The van der Waals surface area contributed by atoms with Gasteiger partial charge in [0.05, 0.1) is 13.2 Å². The van der Waals surface area contributed by atoms with Crippen LogP contribution in [0.15, 0.2) is 23.1 Å². The van der Waals surface area contributed by atoms with Crippen LogP contribution in [0.4, 0.5) is 0 Å². The van der Waals surface area contributed by atoms with E-state index in [4.69, 9.17) is 4.74 Å². The highest BCUT2D eigenvalue weighted by molar-refractivity contribution is 7.89. The predicted octanol–water partition coefficient (Wildman–Crippen LogP) is 2.54. The van der Waals surface area contributed by atoms with E-state index in [1.807, 2.05) is 19.9 Å². The average molecular weight is 368 g/mol. The van der Waals surface area contributed by atoms with E-state index in [9.17, 15) is 13.2 Å². The zero-order valence-electron chi connectivity index (χ0n) is 15.3. The average Bonchev–Trinajstić information content (AvgIpc) is 3.06. The molecule has 0 heterocycles. The second-order valence-electron chi connectivity index (χ2n) is 6.90. The maximum absolute atomic E-state index is 12.8. The van der Waals surface area contributed by atoms with Crippen molar-refractivity contribution >= 4 is 15.9 Å². The van der Waals surface area contributed by atoms with Gasteiger partial charge in [0.1, 0.15) is 10.6 Å². The van der Waals surface area contributed by atoms with Crippen molar-refractivity contribution < 1.29 is 17.9 Å². The summed E-state index contributed by atoms with van der Waals surface area (Å²) in [5, 5.41) is 2.91. The topological polar surface area (TPSA) is 84.5 Å². The minimum atomic E-state index is -3.87. The highest BCUT2D eigenvalue weighted by atomic mass is 32.2. The first-order valence-electron chi connectivity index (χ1n) is 8.75. The number of carbonyl (C=O) groups is 1. The Bertz CT molecular complexity index is 710. The number of sulfonamides is 1. The van der Waals surface area contributed by atoms with Crippen molar-refractivity contribution in [3.8, 4) is 5.75 Å². The fraction of sp³-hybridized carbons (Fsp3) is 0.611. The van der Waals surface area contributed by atoms with Crippen LogP contribution in [0.5, 0.6) is 5.75 Å². The van der Waals surface area contributed by atoms with E-state index in [2.05, 4.69) is 10.0 Å². The summed E-state index contributed by atoms with van der Waals surface area (Å²) in [5.74, 6) is 0.151. The van der Waals surface area contributed by atoms with Crippen molar-refractivity contribution in [3.63, 3.8) is 0 Å². The second-order valence-corrected chi connectivity index (χ2v) is 8.58. The van der Waals surface area contributed by atoms with Gasteiger partial charge in [-0.15, -0.1) is 0 Å². The van der Waals surface area contributed by atoms with Gasteiger partial charge in [0.25, 0.3) is 0 Å². The number of hydrogen-bond acceptors (Lipinski definition) is 4. The molecule has 1 amide bonds. The number of rotatable bonds is 7. The fourth-order valence-electron chi connectivity index (χ4n) is 3.01. The van der Waals surface area contributed by atoms with Gasteiger partial charge < -0.3 is 10.1 Å². The van der Waals surface area contributed by atoms with Gasteiger partial charge in [-0.3, -0.25) is 4.79 Å². The molecule has 2 N–H and O–H groups in total. The molecule has 1 aliphatic carbocycles. The number of hydrogen-bond donors (Lipinski definition) is 2. The van der Waals surface area contributed by atoms with E-state index in [0.29, 0.717) is 0 Å². The quantitative estimate of drug-likeness (QED) is 0.775. The third-order valence-electron chi connectivity index (χ3n) is 4.57. The molecule has 0 saturated heterocycles. The molecular weight excluding hydrogens is 340 g/mol. The minimum absolute atomic E-state index is 0.0571. The summed E-state index contributed by atoms with van der Waals surface area (Å²) in [6.07, 6.45) is 4.11. The monoisotopic (exact) mass is 368 g/mol. The second kappa shape index (κ2) is 8.19. The Morgan fingerprint density at radius 1 is 1.20 bits per heavy atom. The van der Waals surface area contributed by atoms with Gasteiger partial charge in [0.15, 0.2) is 0 Å². The van der Waals surface area contributed by atoms with Crippen LogP contribution in [0.1, 0.15) is 57.9 Å². The van der Waals surface area contributed by atoms with E-state index in [-0.39, 0.29) is 28.5 Å². The third-order valence-corrected chi connectivity index (χ3v) is 6.13. The molecule has 1 aromatic rings. The molecule has 25 heavy (non-hydrogen) atoms. The number of benzene rings is 1. The summed E-state index contributed by atoms with van der Waals surface area (Å²) in [5.41, 5.74) is 0.893. The van der Waals surface area contributed by atoms with E-state index in [0.717, 1.165) is 31.2 Å². The van der Waals surface area contributed by atoms with Crippen molar-refractivity contribution in [1.29, 1.82) is 0 Å². The summed E-state index contributed by atoms with van der Waals surface area (Å²) in [6, 6.07) is 4.40. The lowest BCUT2D eigenvalue weighted by molar-refractivity contribution is -0.123. The summed E-state index contributed by atoms with van der Waals surface area (Å²) < 4.78 is 33.2. The number of nitrogens with one attached hydrogen (secondary N) is 2. The Labute approximate surface area is 150 Å². The van der Waals surface area contributed by atoms with Gasteiger partial charge in [-0.1, -0.05) is 32.8 Å². The molecule has 7 heteroatoms. The van der Waals surface area contributed by atoms with Crippen molar-refractivity contribution in [2.24, 2.45) is 0 Å². The maximum atomic E-state index is 12.8. The molecule has 0 spiro atoms. The van der Waals surface area contributed by atoms with E-state index < -0.39 is 16.1 Å². The Hall–Kier alpha value is -1.60. The standard InChI is InChI=1S/C18H28N2O4S/c1-12(2)14-9-10-16(24-4)17(11-14)25(22,23)20-13(3)18(21)19-15-7-5-6-8-15/h9-13,15,20H,5-8H2,1-4H3,(H,19,21). The Kier molecular flexibility index (Phi) is 6.46. The number of carbonyl (C=O) groups excluding carboxylic acids is 1. The molecule has 6 nitrogen and oxygen atoms in total. The Morgan fingerprint density at radius 3 is 2.40 bits per heavy atom. The molecular formula is C18H28N2O4S. The molecule has 1 saturated carbocycles. The molecule has 1 unspecified atom stereocenters. The molecule has 0 bridgehead atoms. The fourth-order valence-corrected chi connectivity index (χ4v) is 4.42. The first-order valence-corrected chi connectivity index (χ1v) is 10.2. The molecule has 0 aromatic heterocycles. The highest BCUT2D eigenvalue weighted by Crippen LogP contribution is 2.28. The lowest BCUT2D eigenvalue weighted by Crippen LogP contribution is -2.47. The molecule has 0 radical (unpaired) electrons. The zero-order chi connectivity index (χ0) is 18.6. The SMILES string of the molecule is COc1ccc(C(C)C)cc1S(=O)(=O)NC(C)C(=O)NC1CCCC1. The number of ether oxygens (including phenoxy) is 1. The first kappa shape index (κ1) is 19.7. The van der Waals surface area contributed by atoms with Crippen LogP contribution in [-0.2, 0) is 14.8 Å². The van der Waals surface area contributed by atoms with E-state index in [1.165, 1.54) is 7.11 Å². The molecule has 140 valence electrons. The minimum Gasteiger partial charge on any atom is -0.495 e. The van der Waals surface area contributed by atoms with Gasteiger partial charge >= 0.3 is 0 Å². The van der Waals surface area contributed by atoms with Gasteiger partial charge in [-0.2, -0.15) is 4.72 Å². The number of methoxy groups -OCH3 is 1. The summed E-state index contributed by atoms with van der Waals surface area (Å²) >= 11 is 0. The molecule has 1 aliphatic rings. The maximum Gasteiger partial charge on any atom is 0.244 e. The highest BCUT2D eigenvalue weighted by Gasteiger charge is 2.27. The van der Waals surface area contributed by atoms with Gasteiger partial charge in [-0.25, -0.2) is 8.42 Å². The van der Waals surface area contributed by atoms with Gasteiger partial charge in [-0.05, 0) is 43.4 Å². The Morgan fingerprint density at radius 2 is 1.84 bits per heavy atom. The molecule has 1 atom stereocenters. The zero-order valence-corrected chi connectivity index (χ0v) is 16.2. The molecule has 1 aromatic carbocycles. The summed E-state index contributed by atoms with van der Waals surface area (Å²) in [7, 11) is -2.44. The lowest BCUT2D eigenvalue weighted by Gasteiger charge is -2.19. The summed E-state index contributed by atoms with van der Waals surface area (Å²) in [4.78, 5) is 12.3. The van der Waals surface area contributed by atoms with Crippen LogP contribution in [0, 0.1) is 0 Å². The lowest BCUT2D eigenvalue weighted by atomic mass is 10.0. The largest absolute Gasteiger partial charge is 0.495 e. The van der Waals surface area contributed by atoms with E-state index >= 15 is 0 Å². The van der Waals surface area contributed by atoms with Crippen molar-refractivity contribution in [3.05, 3.63) is 23.8 Å². The third kappa shape index (κ3) is 4.95. The van der Waals surface area contributed by atoms with Crippen LogP contribution in [0.25, 0.3) is 0 Å². The van der Waals surface area contributed by atoms with Crippen LogP contribution in [-0.4, -0.2) is 33.5 Å². The van der Waals surface area contributed by atoms with Gasteiger partial charge in [0.2, 0.25) is 15.9 Å². The van der Waals surface area contributed by atoms with Crippen LogP contribution >= 0.6 is 0 Å². The first-order chi connectivity index (χ1) is 11.7. The van der Waals surface area contributed by atoms with Gasteiger partial charge in [0, 0.05) is 6.04 Å². The normalized spacial score (nSPS) is 16.8. The van der Waals surface area contributed by atoms with Crippen molar-refractivity contribution in [1.82, 2.24) is 10.0 Å². The van der Waals surface area contributed by atoms with Crippen LogP contribution in [0.3, 0.4) is 0 Å². The predicted molar refractivity (Wildman–Crippen MR) is 97.3 cm³/mol. The summed E-state index contributed by atoms with van der Waals surface area (Å²) in [6.45, 7) is 5.53. The van der Waals surface area contributed by atoms with Crippen molar-refractivity contribution in [2.75, 3.05) is 7.11 Å². The molecule has 2 rings (SSSR count). The Balaban J connectivity index is 2.17. The van der Waals surface area contributed by atoms with Crippen molar-refractivity contribution in [2.45, 2.75) is 69.4 Å². The van der Waals surface area contributed by atoms with Crippen LogP contribution in [0.2, 0.25) is 0 Å². The molecule has 0 aliphatic heterocycles. The number of amides is 1.